The standard InChI is InChI=1S/C21H16Cl2INO2/c1-12-11-18(13(2)10-17(12)24)25-20(26)9-7-14-6-8-19(27-14)15-4-3-5-16(22)21(15)23/h3-11H,1-2H3,(H,25,26). The molecule has 3 nitrogen and oxygen atoms in total. The number of hydrogen-bond donors (Lipinski definition) is 1. The van der Waals surface area contributed by atoms with Gasteiger partial charge in [0, 0.05) is 20.9 Å². The van der Waals surface area contributed by atoms with Crippen LogP contribution in [0.15, 0.2) is 53.0 Å². The van der Waals surface area contributed by atoms with E-state index >= 15 is 0 Å². The lowest BCUT2D eigenvalue weighted by molar-refractivity contribution is -0.111. The molecule has 1 N–H and O–H groups in total. The van der Waals surface area contributed by atoms with E-state index in [1.807, 2.05) is 32.0 Å². The van der Waals surface area contributed by atoms with Crippen molar-refractivity contribution in [2.45, 2.75) is 13.8 Å². The summed E-state index contributed by atoms with van der Waals surface area (Å²) in [4.78, 5) is 12.2. The van der Waals surface area contributed by atoms with E-state index in [2.05, 4.69) is 27.9 Å². The SMILES string of the molecule is Cc1cc(NC(=O)C=Cc2ccc(-c3cccc(Cl)c3Cl)o2)c(C)cc1I. The Hall–Kier alpha value is -1.76. The number of hydrogen-bond acceptors (Lipinski definition) is 2. The smallest absolute Gasteiger partial charge is 0.248 e. The third-order valence-corrected chi connectivity index (χ3v) is 5.99. The van der Waals surface area contributed by atoms with E-state index in [0.29, 0.717) is 27.1 Å². The highest BCUT2D eigenvalue weighted by atomic mass is 127. The van der Waals surface area contributed by atoms with Gasteiger partial charge in [0.1, 0.15) is 11.5 Å². The summed E-state index contributed by atoms with van der Waals surface area (Å²) in [7, 11) is 0. The van der Waals surface area contributed by atoms with Crippen LogP contribution in [-0.2, 0) is 4.79 Å². The third kappa shape index (κ3) is 4.75. The second-order valence-corrected chi connectivity index (χ2v) is 7.99. The molecule has 138 valence electrons. The van der Waals surface area contributed by atoms with Crippen molar-refractivity contribution >= 4 is 63.5 Å². The number of carbonyl (C=O) groups excluding carboxylic acids is 1. The Kier molecular flexibility index (Phi) is 6.29. The zero-order valence-corrected chi connectivity index (χ0v) is 18.3. The summed E-state index contributed by atoms with van der Waals surface area (Å²) in [6.45, 7) is 3.98. The number of halogens is 3. The zero-order valence-electron chi connectivity index (χ0n) is 14.6. The van der Waals surface area contributed by atoms with Crippen LogP contribution in [0.5, 0.6) is 0 Å². The van der Waals surface area contributed by atoms with Crippen molar-refractivity contribution in [1.29, 1.82) is 0 Å². The van der Waals surface area contributed by atoms with E-state index in [4.69, 9.17) is 27.6 Å². The van der Waals surface area contributed by atoms with Gasteiger partial charge in [-0.2, -0.15) is 0 Å². The summed E-state index contributed by atoms with van der Waals surface area (Å²) < 4.78 is 6.92. The number of rotatable bonds is 4. The zero-order chi connectivity index (χ0) is 19.6. The number of aryl methyl sites for hydroxylation is 2. The van der Waals surface area contributed by atoms with E-state index in [0.717, 1.165) is 16.8 Å². The van der Waals surface area contributed by atoms with Crippen LogP contribution in [0.25, 0.3) is 17.4 Å². The fourth-order valence-electron chi connectivity index (χ4n) is 2.53. The Morgan fingerprint density at radius 1 is 1.11 bits per heavy atom. The minimum absolute atomic E-state index is 0.225. The summed E-state index contributed by atoms with van der Waals surface area (Å²) in [5, 5.41) is 3.79. The molecule has 0 bridgehead atoms. The molecule has 0 spiro atoms. The molecule has 3 rings (SSSR count). The van der Waals surface area contributed by atoms with Gasteiger partial charge in [-0.3, -0.25) is 4.79 Å². The molecule has 0 radical (unpaired) electrons. The minimum Gasteiger partial charge on any atom is -0.457 e. The van der Waals surface area contributed by atoms with Crippen LogP contribution >= 0.6 is 45.8 Å². The molecule has 1 heterocycles. The molecule has 1 aromatic heterocycles. The monoisotopic (exact) mass is 511 g/mol. The van der Waals surface area contributed by atoms with Crippen molar-refractivity contribution in [3.63, 3.8) is 0 Å². The summed E-state index contributed by atoms with van der Waals surface area (Å²) >= 11 is 14.5. The maximum Gasteiger partial charge on any atom is 0.248 e. The average Bonchev–Trinajstić information content (AvgIpc) is 3.09. The van der Waals surface area contributed by atoms with Gasteiger partial charge < -0.3 is 9.73 Å². The fourth-order valence-corrected chi connectivity index (χ4v) is 3.55. The topological polar surface area (TPSA) is 42.2 Å². The van der Waals surface area contributed by atoms with Crippen molar-refractivity contribution in [2.75, 3.05) is 5.32 Å². The van der Waals surface area contributed by atoms with Gasteiger partial charge in [-0.1, -0.05) is 29.3 Å². The molecule has 0 aliphatic carbocycles. The normalized spacial score (nSPS) is 11.1. The highest BCUT2D eigenvalue weighted by Gasteiger charge is 2.10. The molecule has 0 aliphatic rings. The predicted molar refractivity (Wildman–Crippen MR) is 120 cm³/mol. The maximum atomic E-state index is 12.2. The Balaban J connectivity index is 1.73. The molecular formula is C21H16Cl2INO2. The minimum atomic E-state index is -0.225. The lowest BCUT2D eigenvalue weighted by Crippen LogP contribution is -2.09. The average molecular weight is 512 g/mol. The van der Waals surface area contributed by atoms with Crippen LogP contribution in [-0.4, -0.2) is 5.91 Å². The molecule has 0 unspecified atom stereocenters. The molecule has 2 aromatic carbocycles. The number of anilines is 1. The van der Waals surface area contributed by atoms with Crippen LogP contribution in [0.3, 0.4) is 0 Å². The first kappa shape index (κ1) is 20.0. The van der Waals surface area contributed by atoms with E-state index in [1.54, 1.807) is 30.3 Å². The molecule has 27 heavy (non-hydrogen) atoms. The van der Waals surface area contributed by atoms with Crippen LogP contribution in [0.2, 0.25) is 10.0 Å². The maximum absolute atomic E-state index is 12.2. The van der Waals surface area contributed by atoms with E-state index in [1.165, 1.54) is 9.65 Å². The third-order valence-electron chi connectivity index (χ3n) is 4.01. The summed E-state index contributed by atoms with van der Waals surface area (Å²) in [6.07, 6.45) is 3.06. The molecule has 0 atom stereocenters. The Bertz CT molecular complexity index is 1040. The van der Waals surface area contributed by atoms with E-state index in [-0.39, 0.29) is 5.91 Å². The first-order valence-corrected chi connectivity index (χ1v) is 9.98. The predicted octanol–water partition coefficient (Wildman–Crippen LogP) is 7.13. The van der Waals surface area contributed by atoms with Crippen LogP contribution in [0.1, 0.15) is 16.9 Å². The summed E-state index contributed by atoms with van der Waals surface area (Å²) in [5.41, 5.74) is 3.64. The lowest BCUT2D eigenvalue weighted by Gasteiger charge is -2.09. The van der Waals surface area contributed by atoms with Crippen molar-refractivity contribution in [1.82, 2.24) is 0 Å². The van der Waals surface area contributed by atoms with Crippen molar-refractivity contribution < 1.29 is 9.21 Å². The second-order valence-electron chi connectivity index (χ2n) is 6.04. The van der Waals surface area contributed by atoms with Gasteiger partial charge in [0.2, 0.25) is 5.91 Å². The Morgan fingerprint density at radius 2 is 1.89 bits per heavy atom. The molecule has 0 saturated carbocycles. The highest BCUT2D eigenvalue weighted by Crippen LogP contribution is 2.34. The molecular weight excluding hydrogens is 496 g/mol. The number of furan rings is 1. The van der Waals surface area contributed by atoms with Gasteiger partial charge in [-0.05, 0) is 90.0 Å². The van der Waals surface area contributed by atoms with Gasteiger partial charge in [0.05, 0.1) is 10.0 Å². The number of carbonyl (C=O) groups is 1. The van der Waals surface area contributed by atoms with Gasteiger partial charge in [0.15, 0.2) is 0 Å². The van der Waals surface area contributed by atoms with Crippen molar-refractivity contribution in [2.24, 2.45) is 0 Å². The van der Waals surface area contributed by atoms with Gasteiger partial charge in [-0.25, -0.2) is 0 Å². The molecule has 3 aromatic rings. The lowest BCUT2D eigenvalue weighted by atomic mass is 10.1. The number of nitrogens with one attached hydrogen (secondary N) is 1. The van der Waals surface area contributed by atoms with Crippen LogP contribution < -0.4 is 5.32 Å². The number of benzene rings is 2. The Morgan fingerprint density at radius 3 is 2.67 bits per heavy atom. The molecule has 0 saturated heterocycles. The van der Waals surface area contributed by atoms with Gasteiger partial charge in [0.25, 0.3) is 0 Å². The second kappa shape index (κ2) is 8.50. The van der Waals surface area contributed by atoms with Gasteiger partial charge in [-0.15, -0.1) is 0 Å². The number of amides is 1. The first-order chi connectivity index (χ1) is 12.8. The van der Waals surface area contributed by atoms with Gasteiger partial charge >= 0.3 is 0 Å². The van der Waals surface area contributed by atoms with Crippen molar-refractivity contribution in [3.05, 3.63) is 79.0 Å². The van der Waals surface area contributed by atoms with Crippen molar-refractivity contribution in [3.8, 4) is 11.3 Å². The quantitative estimate of drug-likeness (QED) is 0.299. The summed E-state index contributed by atoms with van der Waals surface area (Å²) in [5.74, 6) is 0.913. The van der Waals surface area contributed by atoms with Crippen LogP contribution in [0.4, 0.5) is 5.69 Å². The fraction of sp³-hybridized carbons (Fsp3) is 0.0952. The highest BCUT2D eigenvalue weighted by molar-refractivity contribution is 14.1. The largest absolute Gasteiger partial charge is 0.457 e. The Labute approximate surface area is 181 Å². The van der Waals surface area contributed by atoms with E-state index in [9.17, 15) is 4.79 Å². The molecule has 0 aliphatic heterocycles. The van der Waals surface area contributed by atoms with Crippen LogP contribution in [0, 0.1) is 17.4 Å². The summed E-state index contributed by atoms with van der Waals surface area (Å²) in [6, 6.07) is 12.9. The molecule has 1 amide bonds. The first-order valence-electron chi connectivity index (χ1n) is 8.15. The molecule has 0 fully saturated rings. The molecule has 6 heteroatoms. The van der Waals surface area contributed by atoms with E-state index < -0.39 is 0 Å².